The maximum Gasteiger partial charge on any atom is 0.304 e. The van der Waals surface area contributed by atoms with Crippen LogP contribution in [0.3, 0.4) is 0 Å². The van der Waals surface area contributed by atoms with Gasteiger partial charge in [-0.05, 0) is 43.3 Å². The van der Waals surface area contributed by atoms with Gasteiger partial charge in [0.1, 0.15) is 0 Å². The van der Waals surface area contributed by atoms with Crippen LogP contribution in [0.1, 0.15) is 39.0 Å². The van der Waals surface area contributed by atoms with E-state index in [1.54, 1.807) is 12.2 Å². The molecule has 0 aliphatic rings. The maximum absolute atomic E-state index is 10.2. The Morgan fingerprint density at radius 2 is 1.95 bits per heavy atom. The highest BCUT2D eigenvalue weighted by Crippen LogP contribution is 1.97. The summed E-state index contributed by atoms with van der Waals surface area (Å²) in [5, 5.41) is 18.0. The molecule has 0 heterocycles. The van der Waals surface area contributed by atoms with Crippen LogP contribution in [0.4, 0.5) is 0 Å². The number of rotatable bonds is 8. The van der Waals surface area contributed by atoms with E-state index in [1.807, 2.05) is 12.2 Å². The van der Waals surface area contributed by atoms with Crippen molar-refractivity contribution in [1.29, 1.82) is 0 Å². The number of aliphatic hydroxyl groups is 1. The molecule has 0 radical (unpaired) electrons. The average Bonchev–Trinajstić information content (AvgIpc) is 2.45. The van der Waals surface area contributed by atoms with Gasteiger partial charge in [-0.15, -0.1) is 0 Å². The van der Waals surface area contributed by atoms with Gasteiger partial charge in [0.2, 0.25) is 0 Å². The van der Waals surface area contributed by atoms with Gasteiger partial charge in [-0.2, -0.15) is 0 Å². The number of carbonyl (C=O) groups is 1. The predicted octanol–water partition coefficient (Wildman–Crippen LogP) is 3.08. The topological polar surface area (TPSA) is 57.5 Å². The summed E-state index contributed by atoms with van der Waals surface area (Å²) in [6.45, 7) is 2.09. The minimum Gasteiger partial charge on any atom is -0.481 e. The van der Waals surface area contributed by atoms with Crippen LogP contribution in [0.2, 0.25) is 0 Å². The van der Waals surface area contributed by atoms with Crippen molar-refractivity contribution >= 4 is 5.97 Å². The lowest BCUT2D eigenvalue weighted by molar-refractivity contribution is -0.136. The molecule has 1 unspecified atom stereocenters. The van der Waals surface area contributed by atoms with Crippen LogP contribution < -0.4 is 0 Å². The van der Waals surface area contributed by atoms with Crippen molar-refractivity contribution < 1.29 is 15.0 Å². The number of aliphatic carboxylic acids is 1. The van der Waals surface area contributed by atoms with Gasteiger partial charge in [-0.3, -0.25) is 4.79 Å². The van der Waals surface area contributed by atoms with E-state index in [1.165, 1.54) is 0 Å². The number of carboxylic acid groups (broad SMARTS) is 1. The third kappa shape index (κ3) is 15.7. The Morgan fingerprint density at radius 1 is 1.19 bits per heavy atom. The van der Waals surface area contributed by atoms with E-state index >= 15 is 0 Å². The lowest BCUT2D eigenvalue weighted by Crippen LogP contribution is -1.98. The second-order valence-corrected chi connectivity index (χ2v) is 4.21. The minimum atomic E-state index is -0.862. The summed E-state index contributed by atoms with van der Waals surface area (Å²) in [6, 6.07) is 0. The number of aliphatic hydroxyl groups excluding tert-OH is 1. The van der Waals surface area contributed by atoms with Gasteiger partial charge in [0.05, 0.1) is 12.5 Å². The highest BCUT2D eigenvalue weighted by atomic mass is 16.4. The Hall–Kier alpha value is -2.23. The molecule has 0 amide bonds. The molecule has 0 bridgehead atoms. The van der Waals surface area contributed by atoms with Gasteiger partial charge in [0, 0.05) is 6.42 Å². The van der Waals surface area contributed by atoms with Crippen molar-refractivity contribution in [3.63, 3.8) is 0 Å². The van der Waals surface area contributed by atoms with Crippen LogP contribution in [0.25, 0.3) is 0 Å². The van der Waals surface area contributed by atoms with Crippen molar-refractivity contribution in [1.82, 2.24) is 0 Å². The number of hydrogen-bond acceptors (Lipinski definition) is 2. The quantitative estimate of drug-likeness (QED) is 0.532. The molecule has 0 aromatic heterocycles. The van der Waals surface area contributed by atoms with Gasteiger partial charge < -0.3 is 10.2 Å². The molecule has 0 spiro atoms. The first-order valence-electron chi connectivity index (χ1n) is 7.01. The van der Waals surface area contributed by atoms with E-state index in [9.17, 15) is 9.90 Å². The molecule has 3 heteroatoms. The van der Waals surface area contributed by atoms with E-state index in [0.717, 1.165) is 12.8 Å². The second kappa shape index (κ2) is 14.2. The summed E-state index contributed by atoms with van der Waals surface area (Å²) in [5.41, 5.74) is 0. The van der Waals surface area contributed by atoms with Crippen molar-refractivity contribution in [3.05, 3.63) is 36.5 Å². The molecule has 0 aromatic rings. The van der Waals surface area contributed by atoms with Gasteiger partial charge in [-0.25, -0.2) is 0 Å². The fourth-order valence-electron chi connectivity index (χ4n) is 1.26. The largest absolute Gasteiger partial charge is 0.481 e. The summed E-state index contributed by atoms with van der Waals surface area (Å²) >= 11 is 0. The Kier molecular flexibility index (Phi) is 12.7. The van der Waals surface area contributed by atoms with Gasteiger partial charge in [0.15, 0.2) is 0 Å². The molecule has 0 aliphatic carbocycles. The standard InChI is InChI=1S/C18H22O3/c1-2-3-4-5-8-11-14-17(19)15-12-9-6-7-10-13-16-18(20)21/h3-4,8,11-12,15,17,19H,2,5,13-14,16H2,1H3,(H,20,21)/b4-3-,11-8-,15-12+. The van der Waals surface area contributed by atoms with Crippen molar-refractivity contribution in [2.24, 2.45) is 0 Å². The van der Waals surface area contributed by atoms with Crippen LogP contribution in [-0.2, 0) is 4.79 Å². The molecule has 112 valence electrons. The summed E-state index contributed by atoms with van der Waals surface area (Å²) in [5.74, 6) is 9.59. The Bertz CT molecular complexity index is 490. The Morgan fingerprint density at radius 3 is 2.67 bits per heavy atom. The van der Waals surface area contributed by atoms with E-state index in [0.29, 0.717) is 12.8 Å². The summed E-state index contributed by atoms with van der Waals surface area (Å²) < 4.78 is 0. The van der Waals surface area contributed by atoms with E-state index in [4.69, 9.17) is 5.11 Å². The fraction of sp³-hybridized carbons (Fsp3) is 0.389. The van der Waals surface area contributed by atoms with Crippen LogP contribution in [-0.4, -0.2) is 22.3 Å². The highest BCUT2D eigenvalue weighted by Gasteiger charge is 1.92. The zero-order chi connectivity index (χ0) is 15.8. The third-order valence-electron chi connectivity index (χ3n) is 2.31. The first-order chi connectivity index (χ1) is 10.2. The van der Waals surface area contributed by atoms with Crippen LogP contribution in [0, 0.1) is 23.7 Å². The summed E-state index contributed by atoms with van der Waals surface area (Å²) in [7, 11) is 0. The second-order valence-electron chi connectivity index (χ2n) is 4.21. The number of allylic oxidation sites excluding steroid dienone is 4. The molecule has 0 rings (SSSR count). The zero-order valence-electron chi connectivity index (χ0n) is 12.4. The first kappa shape index (κ1) is 18.8. The fourth-order valence-corrected chi connectivity index (χ4v) is 1.26. The minimum absolute atomic E-state index is 0.0308. The van der Waals surface area contributed by atoms with Crippen LogP contribution in [0.15, 0.2) is 36.5 Å². The smallest absolute Gasteiger partial charge is 0.304 e. The molecule has 1 atom stereocenters. The van der Waals surface area contributed by atoms with Crippen molar-refractivity contribution in [2.75, 3.05) is 0 Å². The molecule has 2 N–H and O–H groups in total. The van der Waals surface area contributed by atoms with Gasteiger partial charge in [-0.1, -0.05) is 43.1 Å². The Labute approximate surface area is 127 Å². The molecule has 0 fully saturated rings. The molecule has 0 saturated carbocycles. The SMILES string of the molecule is CC/C=C\C/C=C\CC(O)/C=C/C#CC#CCCC(=O)O. The Balaban J connectivity index is 3.87. The molecule has 0 aliphatic heterocycles. The van der Waals surface area contributed by atoms with Gasteiger partial charge >= 0.3 is 5.97 Å². The van der Waals surface area contributed by atoms with Crippen LogP contribution >= 0.6 is 0 Å². The van der Waals surface area contributed by atoms with Crippen molar-refractivity contribution in [2.45, 2.75) is 45.1 Å². The zero-order valence-corrected chi connectivity index (χ0v) is 12.4. The monoisotopic (exact) mass is 286 g/mol. The highest BCUT2D eigenvalue weighted by molar-refractivity contribution is 5.67. The molecule has 3 nitrogen and oxygen atoms in total. The number of carboxylic acids is 1. The van der Waals surface area contributed by atoms with E-state index in [2.05, 4.69) is 42.8 Å². The molecule has 21 heavy (non-hydrogen) atoms. The van der Waals surface area contributed by atoms with E-state index < -0.39 is 12.1 Å². The third-order valence-corrected chi connectivity index (χ3v) is 2.31. The summed E-state index contributed by atoms with van der Waals surface area (Å²) in [4.78, 5) is 10.2. The van der Waals surface area contributed by atoms with Crippen LogP contribution in [0.5, 0.6) is 0 Å². The normalized spacial score (nSPS) is 12.1. The van der Waals surface area contributed by atoms with Gasteiger partial charge in [0.25, 0.3) is 0 Å². The molecule has 0 aromatic carbocycles. The predicted molar refractivity (Wildman–Crippen MR) is 85.4 cm³/mol. The number of hydrogen-bond donors (Lipinski definition) is 2. The van der Waals surface area contributed by atoms with E-state index in [-0.39, 0.29) is 6.42 Å². The first-order valence-corrected chi connectivity index (χ1v) is 7.01. The summed E-state index contributed by atoms with van der Waals surface area (Å²) in [6.07, 6.45) is 13.6. The average molecular weight is 286 g/mol. The maximum atomic E-state index is 10.2. The lowest BCUT2D eigenvalue weighted by atomic mass is 10.2. The lowest BCUT2D eigenvalue weighted by Gasteiger charge is -1.98. The molecule has 0 saturated heterocycles. The molecular weight excluding hydrogens is 264 g/mol. The van der Waals surface area contributed by atoms with Crippen molar-refractivity contribution in [3.8, 4) is 23.7 Å². The molecular formula is C18H22O3.